The Morgan fingerprint density at radius 1 is 0.968 bits per heavy atom. The van der Waals surface area contributed by atoms with Gasteiger partial charge in [-0.05, 0) is 45.6 Å². The lowest BCUT2D eigenvalue weighted by Crippen LogP contribution is -2.40. The van der Waals surface area contributed by atoms with Crippen LogP contribution in [0.15, 0.2) is 6.33 Å². The number of aromatic nitrogens is 5. The molecule has 3 aliphatic rings. The zero-order valence-electron chi connectivity index (χ0n) is 19.2. The number of nitrogens with zero attached hydrogens (tertiary/aromatic N) is 7. The number of likely N-dealkylation sites (N-methyl/N-ethyl adjacent to an activating group) is 1. The molecule has 3 aliphatic heterocycles. The van der Waals surface area contributed by atoms with Gasteiger partial charge >= 0.3 is 0 Å². The number of nitrogens with one attached hydrogen (secondary N) is 1. The van der Waals surface area contributed by atoms with E-state index in [1.807, 2.05) is 0 Å². The molecule has 0 radical (unpaired) electrons. The second kappa shape index (κ2) is 8.73. The van der Waals surface area contributed by atoms with E-state index >= 15 is 0 Å². The summed E-state index contributed by atoms with van der Waals surface area (Å²) in [6.45, 7) is 12.1. The minimum atomic E-state index is 0.441. The molecule has 2 aromatic rings. The van der Waals surface area contributed by atoms with E-state index in [2.05, 4.69) is 50.7 Å². The Morgan fingerprint density at radius 3 is 2.48 bits per heavy atom. The van der Waals surface area contributed by atoms with Crippen molar-refractivity contribution in [3.05, 3.63) is 23.5 Å². The Labute approximate surface area is 185 Å². The van der Waals surface area contributed by atoms with Gasteiger partial charge in [-0.3, -0.25) is 5.10 Å². The molecular weight excluding hydrogens is 388 g/mol. The van der Waals surface area contributed by atoms with E-state index in [4.69, 9.17) is 9.97 Å². The summed E-state index contributed by atoms with van der Waals surface area (Å²) in [7, 11) is 0. The first-order valence-electron chi connectivity index (χ1n) is 12.2. The summed E-state index contributed by atoms with van der Waals surface area (Å²) >= 11 is 0. The van der Waals surface area contributed by atoms with E-state index in [0.717, 1.165) is 62.9 Å². The summed E-state index contributed by atoms with van der Waals surface area (Å²) in [4.78, 5) is 21.9. The molecule has 8 nitrogen and oxygen atoms in total. The van der Waals surface area contributed by atoms with Crippen LogP contribution in [0.3, 0.4) is 0 Å². The molecule has 0 aromatic carbocycles. The van der Waals surface area contributed by atoms with Gasteiger partial charge in [0.25, 0.3) is 0 Å². The largest absolute Gasteiger partial charge is 0.356 e. The molecule has 0 amide bonds. The van der Waals surface area contributed by atoms with Crippen molar-refractivity contribution in [2.24, 2.45) is 0 Å². The average molecular weight is 425 g/mol. The molecule has 2 unspecified atom stereocenters. The van der Waals surface area contributed by atoms with Crippen molar-refractivity contribution in [1.29, 1.82) is 0 Å². The van der Waals surface area contributed by atoms with Crippen LogP contribution >= 0.6 is 0 Å². The Morgan fingerprint density at radius 2 is 1.74 bits per heavy atom. The second-order valence-electron chi connectivity index (χ2n) is 9.38. The van der Waals surface area contributed by atoms with E-state index < -0.39 is 0 Å². The monoisotopic (exact) mass is 424 g/mol. The summed E-state index contributed by atoms with van der Waals surface area (Å²) < 4.78 is 0. The van der Waals surface area contributed by atoms with Gasteiger partial charge in [0.2, 0.25) is 0 Å². The number of H-pyrrole nitrogens is 1. The molecule has 1 N–H and O–H groups in total. The molecule has 2 aromatic heterocycles. The molecule has 5 rings (SSSR count). The lowest BCUT2D eigenvalue weighted by Gasteiger charge is -2.35. The molecule has 0 spiro atoms. The first-order valence-corrected chi connectivity index (χ1v) is 12.2. The third-order valence-corrected chi connectivity index (χ3v) is 7.63. The number of hydrogen-bond donors (Lipinski definition) is 1. The first kappa shape index (κ1) is 20.7. The van der Waals surface area contributed by atoms with Gasteiger partial charge in [-0.2, -0.15) is 5.10 Å². The lowest BCUT2D eigenvalue weighted by molar-refractivity contribution is 0.273. The van der Waals surface area contributed by atoms with Crippen LogP contribution in [0, 0.1) is 6.92 Å². The topological polar surface area (TPSA) is 77.1 Å². The quantitative estimate of drug-likeness (QED) is 0.791. The van der Waals surface area contributed by atoms with Crippen molar-refractivity contribution in [2.45, 2.75) is 77.3 Å². The van der Waals surface area contributed by atoms with Gasteiger partial charge in [0, 0.05) is 56.2 Å². The molecule has 0 saturated carbocycles. The van der Waals surface area contributed by atoms with Crippen molar-refractivity contribution in [3.8, 4) is 0 Å². The van der Waals surface area contributed by atoms with Crippen LogP contribution in [0.4, 0.5) is 11.6 Å². The standard InChI is InChI=1S/C23H36N8/c1-4-20-26-21(28-27-20)17-8-12-30(13-9-17)22-16(3)23(25-15-24-22)31-18-6-7-19(31)14-29(5-2)11-10-18/h15,17-19H,4-14H2,1-3H3,(H,26,27,28). The van der Waals surface area contributed by atoms with Crippen molar-refractivity contribution >= 4 is 11.6 Å². The number of aryl methyl sites for hydroxylation is 1. The van der Waals surface area contributed by atoms with E-state index in [1.54, 1.807) is 6.33 Å². The van der Waals surface area contributed by atoms with Crippen LogP contribution in [0.25, 0.3) is 0 Å². The van der Waals surface area contributed by atoms with Crippen LogP contribution in [-0.2, 0) is 6.42 Å². The fourth-order valence-corrected chi connectivity index (χ4v) is 5.79. The summed E-state index contributed by atoms with van der Waals surface area (Å²) in [5.74, 6) is 4.69. The number of fused-ring (bicyclic) bond motifs is 2. The number of hydrogen-bond acceptors (Lipinski definition) is 7. The van der Waals surface area contributed by atoms with Crippen LogP contribution in [-0.4, -0.2) is 74.9 Å². The Kier molecular flexibility index (Phi) is 5.82. The zero-order chi connectivity index (χ0) is 21.4. The van der Waals surface area contributed by atoms with Crippen molar-refractivity contribution in [2.75, 3.05) is 42.5 Å². The number of anilines is 2. The van der Waals surface area contributed by atoms with E-state index in [1.165, 1.54) is 37.2 Å². The summed E-state index contributed by atoms with van der Waals surface area (Å²) in [6, 6.07) is 1.20. The predicted molar refractivity (Wildman–Crippen MR) is 123 cm³/mol. The van der Waals surface area contributed by atoms with E-state index in [9.17, 15) is 0 Å². The second-order valence-corrected chi connectivity index (χ2v) is 9.38. The Bertz CT molecular complexity index is 887. The Hall–Kier alpha value is -2.22. The number of piperidine rings is 1. The molecule has 8 heteroatoms. The first-order chi connectivity index (χ1) is 15.2. The smallest absolute Gasteiger partial charge is 0.153 e. The van der Waals surface area contributed by atoms with Gasteiger partial charge in [0.05, 0.1) is 0 Å². The van der Waals surface area contributed by atoms with Gasteiger partial charge in [-0.25, -0.2) is 15.0 Å². The van der Waals surface area contributed by atoms with Gasteiger partial charge < -0.3 is 14.7 Å². The van der Waals surface area contributed by atoms with Crippen molar-refractivity contribution in [1.82, 2.24) is 30.0 Å². The van der Waals surface area contributed by atoms with Crippen LogP contribution < -0.4 is 9.80 Å². The molecule has 31 heavy (non-hydrogen) atoms. The maximum Gasteiger partial charge on any atom is 0.153 e. The molecule has 0 aliphatic carbocycles. The fraction of sp³-hybridized carbons (Fsp3) is 0.739. The minimum absolute atomic E-state index is 0.441. The number of aromatic amines is 1. The third-order valence-electron chi connectivity index (χ3n) is 7.63. The van der Waals surface area contributed by atoms with Crippen LogP contribution in [0.5, 0.6) is 0 Å². The van der Waals surface area contributed by atoms with Gasteiger partial charge in [0.1, 0.15) is 23.8 Å². The molecule has 5 heterocycles. The highest BCUT2D eigenvalue weighted by Crippen LogP contribution is 2.38. The van der Waals surface area contributed by atoms with Gasteiger partial charge in [0.15, 0.2) is 5.82 Å². The maximum absolute atomic E-state index is 4.81. The highest BCUT2D eigenvalue weighted by atomic mass is 15.3. The zero-order valence-corrected chi connectivity index (χ0v) is 19.2. The van der Waals surface area contributed by atoms with Crippen molar-refractivity contribution in [3.63, 3.8) is 0 Å². The van der Waals surface area contributed by atoms with Crippen molar-refractivity contribution < 1.29 is 0 Å². The molecule has 2 bridgehead atoms. The molecule has 2 atom stereocenters. The summed E-state index contributed by atoms with van der Waals surface area (Å²) in [5.41, 5.74) is 1.24. The van der Waals surface area contributed by atoms with Gasteiger partial charge in [-0.1, -0.05) is 13.8 Å². The molecule has 168 valence electrons. The molecule has 3 fully saturated rings. The summed E-state index contributed by atoms with van der Waals surface area (Å²) in [6.07, 6.45) is 8.65. The predicted octanol–water partition coefficient (Wildman–Crippen LogP) is 2.91. The van der Waals surface area contributed by atoms with Crippen LogP contribution in [0.2, 0.25) is 0 Å². The average Bonchev–Trinajstić information content (AvgIpc) is 3.38. The lowest BCUT2D eigenvalue weighted by atomic mass is 9.96. The maximum atomic E-state index is 4.81. The third kappa shape index (κ3) is 3.90. The molecule has 3 saturated heterocycles. The van der Waals surface area contributed by atoms with Gasteiger partial charge in [-0.15, -0.1) is 0 Å². The Balaban J connectivity index is 1.32. The minimum Gasteiger partial charge on any atom is -0.356 e. The summed E-state index contributed by atoms with van der Waals surface area (Å²) in [5, 5.41) is 7.53. The number of rotatable bonds is 5. The molecular formula is C23H36N8. The SMILES string of the molecule is CCc1nc(C2CCN(c3ncnc(N4C5CCC4CN(CC)CC5)c3C)CC2)n[nH]1. The highest BCUT2D eigenvalue weighted by molar-refractivity contribution is 5.61. The fourth-order valence-electron chi connectivity index (χ4n) is 5.79. The van der Waals surface area contributed by atoms with E-state index in [-0.39, 0.29) is 0 Å². The normalized spacial score (nSPS) is 25.3. The van der Waals surface area contributed by atoms with E-state index in [0.29, 0.717) is 18.0 Å². The highest BCUT2D eigenvalue weighted by Gasteiger charge is 2.39. The number of likely N-dealkylation sites (tertiary alicyclic amines) is 1. The van der Waals surface area contributed by atoms with Crippen LogP contribution in [0.1, 0.15) is 69.1 Å².